The van der Waals surface area contributed by atoms with E-state index in [9.17, 15) is 0 Å². The summed E-state index contributed by atoms with van der Waals surface area (Å²) in [5.74, 6) is 0. The van der Waals surface area contributed by atoms with Crippen molar-refractivity contribution < 1.29 is 0 Å². The third-order valence-electron chi connectivity index (χ3n) is 4.23. The monoisotopic (exact) mass is 260 g/mol. The van der Waals surface area contributed by atoms with Crippen LogP contribution >= 0.6 is 0 Å². The smallest absolute Gasteiger partial charge is 0.0405 e. The van der Waals surface area contributed by atoms with Crippen molar-refractivity contribution in [3.05, 3.63) is 23.8 Å². The van der Waals surface area contributed by atoms with Crippen LogP contribution in [0.5, 0.6) is 0 Å². The predicted octanol–water partition coefficient (Wildman–Crippen LogP) is 4.38. The van der Waals surface area contributed by atoms with E-state index >= 15 is 0 Å². The van der Waals surface area contributed by atoms with Crippen molar-refractivity contribution >= 4 is 11.4 Å². The number of fused-ring (bicyclic) bond motifs is 1. The van der Waals surface area contributed by atoms with Crippen LogP contribution in [-0.4, -0.2) is 12.1 Å². The molecule has 0 fully saturated rings. The minimum atomic E-state index is 0.237. The third kappa shape index (κ3) is 3.23. The number of benzene rings is 1. The minimum Gasteiger partial charge on any atom is -0.399 e. The summed E-state index contributed by atoms with van der Waals surface area (Å²) in [5.41, 5.74) is 9.84. The summed E-state index contributed by atoms with van der Waals surface area (Å²) in [4.78, 5) is 2.58. The lowest BCUT2D eigenvalue weighted by atomic mass is 9.99. The van der Waals surface area contributed by atoms with Crippen LogP contribution < -0.4 is 10.6 Å². The standard InChI is InChI=1S/C17H28N2/c1-4-5-6-7-8-11-19-16-10-9-15(18)12-14(16)13-17(19,2)3/h9-10,12H,4-8,11,13,18H2,1-3H3. The fraction of sp³-hybridized carbons (Fsp3) is 0.647. The number of hydrogen-bond donors (Lipinski definition) is 1. The van der Waals surface area contributed by atoms with Crippen molar-refractivity contribution in [1.82, 2.24) is 0 Å². The molecule has 106 valence electrons. The first-order chi connectivity index (χ1) is 9.04. The molecule has 0 spiro atoms. The number of nitrogens with zero attached hydrogens (tertiary/aromatic N) is 1. The maximum Gasteiger partial charge on any atom is 0.0405 e. The van der Waals surface area contributed by atoms with E-state index in [1.807, 2.05) is 6.07 Å². The van der Waals surface area contributed by atoms with Crippen LogP contribution in [0.4, 0.5) is 11.4 Å². The normalized spacial score (nSPS) is 16.7. The topological polar surface area (TPSA) is 29.3 Å². The van der Waals surface area contributed by atoms with Crippen LogP contribution in [-0.2, 0) is 6.42 Å². The molecule has 0 bridgehead atoms. The Morgan fingerprint density at radius 1 is 1.16 bits per heavy atom. The van der Waals surface area contributed by atoms with Gasteiger partial charge in [-0.2, -0.15) is 0 Å². The minimum absolute atomic E-state index is 0.237. The van der Waals surface area contributed by atoms with Gasteiger partial charge in [0.25, 0.3) is 0 Å². The number of nitrogen functional groups attached to an aromatic ring is 1. The van der Waals surface area contributed by atoms with Crippen molar-refractivity contribution in [3.8, 4) is 0 Å². The predicted molar refractivity (Wildman–Crippen MR) is 84.7 cm³/mol. The Balaban J connectivity index is 1.99. The van der Waals surface area contributed by atoms with E-state index in [1.165, 1.54) is 49.9 Å². The average molecular weight is 260 g/mol. The Labute approximate surface area is 118 Å². The van der Waals surface area contributed by atoms with Gasteiger partial charge in [0.15, 0.2) is 0 Å². The van der Waals surface area contributed by atoms with Gasteiger partial charge in [0.05, 0.1) is 0 Å². The first-order valence-electron chi connectivity index (χ1n) is 7.70. The van der Waals surface area contributed by atoms with Gasteiger partial charge in [-0.1, -0.05) is 32.6 Å². The molecule has 0 atom stereocenters. The Hall–Kier alpha value is -1.18. The highest BCUT2D eigenvalue weighted by atomic mass is 15.2. The van der Waals surface area contributed by atoms with Crippen LogP contribution in [0.1, 0.15) is 58.4 Å². The molecule has 0 saturated carbocycles. The van der Waals surface area contributed by atoms with Crippen molar-refractivity contribution in [2.75, 3.05) is 17.2 Å². The molecule has 19 heavy (non-hydrogen) atoms. The molecule has 1 aliphatic rings. The van der Waals surface area contributed by atoms with Crippen LogP contribution in [0, 0.1) is 0 Å². The molecule has 1 aliphatic heterocycles. The summed E-state index contributed by atoms with van der Waals surface area (Å²) in [6, 6.07) is 6.38. The molecule has 2 heteroatoms. The van der Waals surface area contributed by atoms with E-state index in [-0.39, 0.29) is 5.54 Å². The first kappa shape index (κ1) is 14.2. The summed E-state index contributed by atoms with van der Waals surface area (Å²) in [6.07, 6.45) is 7.83. The fourth-order valence-electron chi connectivity index (χ4n) is 3.19. The summed E-state index contributed by atoms with van der Waals surface area (Å²) in [6.45, 7) is 8.13. The highest BCUT2D eigenvalue weighted by Gasteiger charge is 2.35. The van der Waals surface area contributed by atoms with Crippen LogP contribution in [0.3, 0.4) is 0 Å². The quantitative estimate of drug-likeness (QED) is 0.607. The van der Waals surface area contributed by atoms with E-state index in [2.05, 4.69) is 37.8 Å². The lowest BCUT2D eigenvalue weighted by molar-refractivity contribution is 0.473. The fourth-order valence-corrected chi connectivity index (χ4v) is 3.19. The Morgan fingerprint density at radius 3 is 2.63 bits per heavy atom. The van der Waals surface area contributed by atoms with Gasteiger partial charge in [-0.05, 0) is 50.5 Å². The van der Waals surface area contributed by atoms with Gasteiger partial charge < -0.3 is 10.6 Å². The molecule has 1 heterocycles. The molecular weight excluding hydrogens is 232 g/mol. The SMILES string of the molecule is CCCCCCCN1c2ccc(N)cc2CC1(C)C. The average Bonchev–Trinajstić information content (AvgIpc) is 2.59. The van der Waals surface area contributed by atoms with E-state index in [0.29, 0.717) is 0 Å². The van der Waals surface area contributed by atoms with E-state index in [1.54, 1.807) is 0 Å². The molecule has 2 nitrogen and oxygen atoms in total. The molecular formula is C17H28N2. The van der Waals surface area contributed by atoms with Crippen molar-refractivity contribution in [2.45, 2.75) is 64.8 Å². The van der Waals surface area contributed by atoms with Crippen LogP contribution in [0.2, 0.25) is 0 Å². The number of unbranched alkanes of at least 4 members (excludes halogenated alkanes) is 4. The summed E-state index contributed by atoms with van der Waals surface area (Å²) in [7, 11) is 0. The van der Waals surface area contributed by atoms with Gasteiger partial charge in [0, 0.05) is 23.5 Å². The molecule has 0 aromatic heterocycles. The van der Waals surface area contributed by atoms with Crippen LogP contribution in [0.25, 0.3) is 0 Å². The maximum atomic E-state index is 5.90. The molecule has 0 saturated heterocycles. The van der Waals surface area contributed by atoms with Gasteiger partial charge in [0.1, 0.15) is 0 Å². The molecule has 0 amide bonds. The molecule has 2 N–H and O–H groups in total. The number of nitrogens with two attached hydrogens (primary N) is 1. The summed E-state index contributed by atoms with van der Waals surface area (Å²) in [5, 5.41) is 0. The van der Waals surface area contributed by atoms with Crippen molar-refractivity contribution in [3.63, 3.8) is 0 Å². The zero-order valence-corrected chi connectivity index (χ0v) is 12.7. The third-order valence-corrected chi connectivity index (χ3v) is 4.23. The number of anilines is 2. The van der Waals surface area contributed by atoms with Crippen molar-refractivity contribution in [2.24, 2.45) is 0 Å². The molecule has 0 radical (unpaired) electrons. The van der Waals surface area contributed by atoms with Gasteiger partial charge in [-0.15, -0.1) is 0 Å². The lowest BCUT2D eigenvalue weighted by Gasteiger charge is -2.34. The highest BCUT2D eigenvalue weighted by Crippen LogP contribution is 2.39. The van der Waals surface area contributed by atoms with Gasteiger partial charge >= 0.3 is 0 Å². The Bertz CT molecular complexity index is 423. The van der Waals surface area contributed by atoms with Gasteiger partial charge in [-0.25, -0.2) is 0 Å². The molecule has 2 rings (SSSR count). The van der Waals surface area contributed by atoms with Gasteiger partial charge in [0.2, 0.25) is 0 Å². The maximum absolute atomic E-state index is 5.90. The van der Waals surface area contributed by atoms with E-state index in [4.69, 9.17) is 5.73 Å². The van der Waals surface area contributed by atoms with E-state index in [0.717, 1.165) is 12.1 Å². The Morgan fingerprint density at radius 2 is 1.89 bits per heavy atom. The van der Waals surface area contributed by atoms with Crippen molar-refractivity contribution in [1.29, 1.82) is 0 Å². The molecule has 1 aromatic carbocycles. The second kappa shape index (κ2) is 5.85. The first-order valence-corrected chi connectivity index (χ1v) is 7.70. The largest absolute Gasteiger partial charge is 0.399 e. The second-order valence-corrected chi connectivity index (χ2v) is 6.44. The lowest BCUT2D eigenvalue weighted by Crippen LogP contribution is -2.41. The van der Waals surface area contributed by atoms with Gasteiger partial charge in [-0.3, -0.25) is 0 Å². The summed E-state index contributed by atoms with van der Waals surface area (Å²) >= 11 is 0. The molecule has 0 aliphatic carbocycles. The van der Waals surface area contributed by atoms with Crippen LogP contribution in [0.15, 0.2) is 18.2 Å². The molecule has 1 aromatic rings. The highest BCUT2D eigenvalue weighted by molar-refractivity contribution is 5.65. The number of rotatable bonds is 6. The molecule has 0 unspecified atom stereocenters. The summed E-state index contributed by atoms with van der Waals surface area (Å²) < 4.78 is 0. The second-order valence-electron chi connectivity index (χ2n) is 6.44. The number of hydrogen-bond acceptors (Lipinski definition) is 2. The zero-order chi connectivity index (χ0) is 13.9. The Kier molecular flexibility index (Phi) is 4.38. The zero-order valence-electron chi connectivity index (χ0n) is 12.7. The van der Waals surface area contributed by atoms with E-state index < -0.39 is 0 Å².